The van der Waals surface area contributed by atoms with Gasteiger partial charge < -0.3 is 19.7 Å². The molecule has 1 saturated heterocycles. The molecule has 4 heterocycles. The third kappa shape index (κ3) is 3.74. The lowest BCUT2D eigenvalue weighted by molar-refractivity contribution is 0.170. The number of nitrogens with one attached hydrogen (secondary N) is 2. The van der Waals surface area contributed by atoms with Crippen LogP contribution in [0.2, 0.25) is 0 Å². The van der Waals surface area contributed by atoms with Crippen molar-refractivity contribution in [2.24, 2.45) is 0 Å². The number of ether oxygens (including phenoxy) is 2. The van der Waals surface area contributed by atoms with E-state index in [1.165, 1.54) is 0 Å². The first-order valence-electron chi connectivity index (χ1n) is 9.09. The number of pyridine rings is 2. The van der Waals surface area contributed by atoms with Crippen LogP contribution in [0, 0.1) is 6.92 Å². The highest BCUT2D eigenvalue weighted by molar-refractivity contribution is 5.91. The molecule has 0 bridgehead atoms. The lowest BCUT2D eigenvalue weighted by Crippen LogP contribution is -2.40. The van der Waals surface area contributed by atoms with Gasteiger partial charge in [0.25, 0.3) is 0 Å². The van der Waals surface area contributed by atoms with Crippen LogP contribution in [-0.4, -0.2) is 42.3 Å². The van der Waals surface area contributed by atoms with Gasteiger partial charge in [-0.2, -0.15) is 0 Å². The SMILES string of the molecule is COc1ccc(OC2CCN(c3nc4c(cc3C)CNC(=O)N4)CC2)cn1. The number of hydrogen-bond acceptors (Lipinski definition) is 6. The van der Waals surface area contributed by atoms with Crippen LogP contribution in [0.15, 0.2) is 24.4 Å². The van der Waals surface area contributed by atoms with Crippen molar-refractivity contribution in [3.8, 4) is 11.6 Å². The molecule has 2 N–H and O–H groups in total. The van der Waals surface area contributed by atoms with Gasteiger partial charge in [-0.15, -0.1) is 0 Å². The molecule has 0 aliphatic carbocycles. The van der Waals surface area contributed by atoms with E-state index in [2.05, 4.69) is 33.5 Å². The highest BCUT2D eigenvalue weighted by Gasteiger charge is 2.25. The van der Waals surface area contributed by atoms with E-state index < -0.39 is 0 Å². The summed E-state index contributed by atoms with van der Waals surface area (Å²) in [5.74, 6) is 2.92. The van der Waals surface area contributed by atoms with Crippen LogP contribution >= 0.6 is 0 Å². The maximum absolute atomic E-state index is 11.5. The minimum atomic E-state index is -0.204. The number of piperidine rings is 1. The van der Waals surface area contributed by atoms with E-state index in [-0.39, 0.29) is 12.1 Å². The molecular weight excluding hydrogens is 346 g/mol. The quantitative estimate of drug-likeness (QED) is 0.861. The molecule has 2 amide bonds. The lowest BCUT2D eigenvalue weighted by Gasteiger charge is -2.34. The minimum Gasteiger partial charge on any atom is -0.489 e. The predicted molar refractivity (Wildman–Crippen MR) is 101 cm³/mol. The molecule has 2 aliphatic rings. The maximum atomic E-state index is 11.5. The van der Waals surface area contributed by atoms with Crippen LogP contribution in [0.3, 0.4) is 0 Å². The molecule has 8 heteroatoms. The number of anilines is 2. The van der Waals surface area contributed by atoms with E-state index in [1.807, 2.05) is 6.07 Å². The highest BCUT2D eigenvalue weighted by atomic mass is 16.5. The summed E-state index contributed by atoms with van der Waals surface area (Å²) in [6.07, 6.45) is 3.64. The predicted octanol–water partition coefficient (Wildman–Crippen LogP) is 2.48. The molecule has 2 aliphatic heterocycles. The van der Waals surface area contributed by atoms with Crippen molar-refractivity contribution < 1.29 is 14.3 Å². The van der Waals surface area contributed by atoms with Gasteiger partial charge in [0.05, 0.1) is 13.3 Å². The number of aromatic nitrogens is 2. The summed E-state index contributed by atoms with van der Waals surface area (Å²) in [5.41, 5.74) is 2.13. The van der Waals surface area contributed by atoms with E-state index in [1.54, 1.807) is 19.4 Å². The van der Waals surface area contributed by atoms with Crippen LogP contribution in [0.5, 0.6) is 11.6 Å². The monoisotopic (exact) mass is 369 g/mol. The Morgan fingerprint density at radius 1 is 1.26 bits per heavy atom. The van der Waals surface area contributed by atoms with Gasteiger partial charge in [-0.25, -0.2) is 14.8 Å². The van der Waals surface area contributed by atoms with Crippen molar-refractivity contribution in [2.75, 3.05) is 30.4 Å². The lowest BCUT2D eigenvalue weighted by atomic mass is 10.1. The first-order chi connectivity index (χ1) is 13.1. The Hall–Kier alpha value is -3.03. The summed E-state index contributed by atoms with van der Waals surface area (Å²) in [6, 6.07) is 5.57. The number of rotatable bonds is 4. The van der Waals surface area contributed by atoms with Gasteiger partial charge in [-0.3, -0.25) is 5.32 Å². The van der Waals surface area contributed by atoms with Crippen molar-refractivity contribution in [1.82, 2.24) is 15.3 Å². The number of nitrogens with zero attached hydrogens (tertiary/aromatic N) is 3. The summed E-state index contributed by atoms with van der Waals surface area (Å²) in [4.78, 5) is 22.7. The second-order valence-electron chi connectivity index (χ2n) is 6.78. The van der Waals surface area contributed by atoms with Gasteiger partial charge in [0.1, 0.15) is 23.5 Å². The number of urea groups is 1. The van der Waals surface area contributed by atoms with Crippen molar-refractivity contribution in [1.29, 1.82) is 0 Å². The molecule has 2 aromatic rings. The van der Waals surface area contributed by atoms with Crippen molar-refractivity contribution in [3.63, 3.8) is 0 Å². The fourth-order valence-corrected chi connectivity index (χ4v) is 3.49. The first-order valence-corrected chi connectivity index (χ1v) is 9.09. The topological polar surface area (TPSA) is 88.6 Å². The van der Waals surface area contributed by atoms with Crippen LogP contribution in [0.25, 0.3) is 0 Å². The Balaban J connectivity index is 1.40. The summed E-state index contributed by atoms with van der Waals surface area (Å²) >= 11 is 0. The Morgan fingerprint density at radius 2 is 2.07 bits per heavy atom. The van der Waals surface area contributed by atoms with Gasteiger partial charge in [-0.1, -0.05) is 0 Å². The van der Waals surface area contributed by atoms with E-state index in [4.69, 9.17) is 14.5 Å². The summed E-state index contributed by atoms with van der Waals surface area (Å²) in [6.45, 7) is 4.28. The zero-order valence-electron chi connectivity index (χ0n) is 15.5. The number of carbonyl (C=O) groups excluding carboxylic acids is 1. The molecule has 0 saturated carbocycles. The van der Waals surface area contributed by atoms with Gasteiger partial charge >= 0.3 is 6.03 Å². The molecule has 2 aromatic heterocycles. The third-order valence-corrected chi connectivity index (χ3v) is 4.90. The van der Waals surface area contributed by atoms with E-state index in [0.717, 1.165) is 48.6 Å². The Labute approximate surface area is 157 Å². The van der Waals surface area contributed by atoms with Crippen molar-refractivity contribution >= 4 is 17.7 Å². The number of carbonyl (C=O) groups is 1. The molecule has 0 unspecified atom stereocenters. The normalized spacial score (nSPS) is 17.0. The molecule has 0 spiro atoms. The molecule has 0 aromatic carbocycles. The van der Waals surface area contributed by atoms with Gasteiger partial charge in [0, 0.05) is 44.1 Å². The summed E-state index contributed by atoms with van der Waals surface area (Å²) in [5, 5.41) is 5.56. The van der Waals surface area contributed by atoms with Crippen LogP contribution in [0.4, 0.5) is 16.4 Å². The number of aryl methyl sites for hydroxylation is 1. The molecule has 8 nitrogen and oxygen atoms in total. The Morgan fingerprint density at radius 3 is 2.78 bits per heavy atom. The zero-order valence-corrected chi connectivity index (χ0v) is 15.5. The third-order valence-electron chi connectivity index (χ3n) is 4.90. The molecule has 0 radical (unpaired) electrons. The van der Waals surface area contributed by atoms with Crippen LogP contribution in [0.1, 0.15) is 24.0 Å². The van der Waals surface area contributed by atoms with Crippen LogP contribution < -0.4 is 25.0 Å². The number of hydrogen-bond donors (Lipinski definition) is 2. The highest BCUT2D eigenvalue weighted by Crippen LogP contribution is 2.28. The van der Waals surface area contributed by atoms with Crippen molar-refractivity contribution in [3.05, 3.63) is 35.5 Å². The van der Waals surface area contributed by atoms with Gasteiger partial charge in [0.2, 0.25) is 5.88 Å². The van der Waals surface area contributed by atoms with Gasteiger partial charge in [-0.05, 0) is 24.6 Å². The fraction of sp³-hybridized carbons (Fsp3) is 0.421. The van der Waals surface area contributed by atoms with Gasteiger partial charge in [0.15, 0.2) is 0 Å². The van der Waals surface area contributed by atoms with Crippen molar-refractivity contribution in [2.45, 2.75) is 32.4 Å². The molecule has 142 valence electrons. The summed E-state index contributed by atoms with van der Waals surface area (Å²) in [7, 11) is 1.59. The zero-order chi connectivity index (χ0) is 18.8. The minimum absolute atomic E-state index is 0.151. The maximum Gasteiger partial charge on any atom is 0.320 e. The number of methoxy groups -OCH3 is 1. The average Bonchev–Trinajstić information content (AvgIpc) is 2.69. The molecule has 1 fully saturated rings. The fourth-order valence-electron chi connectivity index (χ4n) is 3.49. The molecule has 27 heavy (non-hydrogen) atoms. The summed E-state index contributed by atoms with van der Waals surface area (Å²) < 4.78 is 11.1. The Kier molecular flexibility index (Phi) is 4.70. The van der Waals surface area contributed by atoms with E-state index in [9.17, 15) is 4.79 Å². The second kappa shape index (κ2) is 7.30. The average molecular weight is 369 g/mol. The largest absolute Gasteiger partial charge is 0.489 e. The number of amides is 2. The molecular formula is C19H23N5O3. The smallest absolute Gasteiger partial charge is 0.320 e. The number of fused-ring (bicyclic) bond motifs is 1. The Bertz CT molecular complexity index is 832. The second-order valence-corrected chi connectivity index (χ2v) is 6.78. The molecule has 4 rings (SSSR count). The van der Waals surface area contributed by atoms with Crippen LogP contribution in [-0.2, 0) is 6.54 Å². The van der Waals surface area contributed by atoms with E-state index >= 15 is 0 Å². The van der Waals surface area contributed by atoms with E-state index in [0.29, 0.717) is 18.2 Å². The molecule has 0 atom stereocenters. The first kappa shape index (κ1) is 17.4. The standard InChI is InChI=1S/C19H23N5O3/c1-12-9-13-10-21-19(25)23-17(13)22-18(12)24-7-5-14(6-8-24)27-15-3-4-16(26-2)20-11-15/h3-4,9,11,14H,5-8,10H2,1-2H3,(H2,21,22,23,25).